The highest BCUT2D eigenvalue weighted by Gasteiger charge is 2.29. The van der Waals surface area contributed by atoms with Crippen molar-refractivity contribution in [1.29, 1.82) is 5.41 Å². The maximum Gasteiger partial charge on any atom is 0.160 e. The highest BCUT2D eigenvalue weighted by molar-refractivity contribution is 5.96. The number of aliphatic hydroxyl groups is 1. The molecule has 0 amide bonds. The smallest absolute Gasteiger partial charge is 0.160 e. The number of aryl methyl sites for hydroxylation is 1. The van der Waals surface area contributed by atoms with E-state index in [-0.39, 0.29) is 12.4 Å². The average Bonchev–Trinajstić information content (AvgIpc) is 2.63. The highest BCUT2D eigenvalue weighted by Crippen LogP contribution is 2.33. The first-order valence-electron chi connectivity index (χ1n) is 9.06. The summed E-state index contributed by atoms with van der Waals surface area (Å²) < 4.78 is 11.3. The first-order chi connectivity index (χ1) is 12.5. The molecule has 2 N–H and O–H groups in total. The molecule has 0 aromatic heterocycles. The molecule has 138 valence electrons. The second-order valence-corrected chi connectivity index (χ2v) is 7.10. The van der Waals surface area contributed by atoms with E-state index in [1.165, 1.54) is 16.7 Å². The Hall–Kier alpha value is -2.01. The van der Waals surface area contributed by atoms with Crippen molar-refractivity contribution in [3.8, 4) is 0 Å². The van der Waals surface area contributed by atoms with Crippen molar-refractivity contribution < 1.29 is 14.6 Å². The Balaban J connectivity index is 1.80. The molecule has 3 rings (SSSR count). The highest BCUT2D eigenvalue weighted by atomic mass is 16.7. The fraction of sp³-hybridized carbons (Fsp3) is 0.409. The Kier molecular flexibility index (Phi) is 5.87. The van der Waals surface area contributed by atoms with Gasteiger partial charge >= 0.3 is 0 Å². The van der Waals surface area contributed by atoms with Gasteiger partial charge in [0.05, 0.1) is 12.2 Å². The lowest BCUT2D eigenvalue weighted by Crippen LogP contribution is -2.32. The molecule has 3 unspecified atom stereocenters. The van der Waals surface area contributed by atoms with Crippen LogP contribution in [0.1, 0.15) is 53.7 Å². The molecule has 26 heavy (non-hydrogen) atoms. The minimum absolute atomic E-state index is 0.147. The molecular formula is C22H27NO3. The van der Waals surface area contributed by atoms with Crippen LogP contribution in [-0.2, 0) is 15.9 Å². The summed E-state index contributed by atoms with van der Waals surface area (Å²) in [6.07, 6.45) is 1.04. The van der Waals surface area contributed by atoms with Gasteiger partial charge in [0.25, 0.3) is 0 Å². The normalized spacial score (nSPS) is 23.0. The number of rotatable bonds is 5. The summed E-state index contributed by atoms with van der Waals surface area (Å²) in [7, 11) is 1.61. The quantitative estimate of drug-likeness (QED) is 0.794. The molecular weight excluding hydrogens is 326 g/mol. The van der Waals surface area contributed by atoms with E-state index >= 15 is 0 Å². The third-order valence-corrected chi connectivity index (χ3v) is 5.06. The lowest BCUT2D eigenvalue weighted by molar-refractivity contribution is -0.205. The summed E-state index contributed by atoms with van der Waals surface area (Å²) in [5, 5.41) is 17.8. The minimum Gasteiger partial charge on any atom is -0.393 e. The van der Waals surface area contributed by atoms with Crippen molar-refractivity contribution in [3.05, 3.63) is 70.3 Å². The topological polar surface area (TPSA) is 62.5 Å². The summed E-state index contributed by atoms with van der Waals surface area (Å²) in [4.78, 5) is 0. The predicted molar refractivity (Wildman–Crippen MR) is 103 cm³/mol. The van der Waals surface area contributed by atoms with Crippen molar-refractivity contribution in [2.75, 3.05) is 7.11 Å². The fourth-order valence-corrected chi connectivity index (χ4v) is 3.40. The van der Waals surface area contributed by atoms with Gasteiger partial charge in [0, 0.05) is 25.7 Å². The van der Waals surface area contributed by atoms with E-state index in [9.17, 15) is 5.11 Å². The van der Waals surface area contributed by atoms with Crippen LogP contribution < -0.4 is 0 Å². The second-order valence-electron chi connectivity index (χ2n) is 7.10. The number of benzene rings is 2. The molecule has 0 saturated carbocycles. The van der Waals surface area contributed by atoms with E-state index in [0.717, 1.165) is 17.5 Å². The zero-order valence-electron chi connectivity index (χ0n) is 15.7. The number of ether oxygens (including phenoxy) is 2. The molecule has 1 aliphatic rings. The van der Waals surface area contributed by atoms with Gasteiger partial charge in [-0.1, -0.05) is 42.5 Å². The van der Waals surface area contributed by atoms with Crippen molar-refractivity contribution >= 4 is 5.71 Å². The number of methoxy groups -OCH3 is 1. The van der Waals surface area contributed by atoms with Gasteiger partial charge in [-0.15, -0.1) is 0 Å². The summed E-state index contributed by atoms with van der Waals surface area (Å²) in [6, 6.07) is 14.5. The SMILES string of the molecule is COC1CC(O)CC(c2ccc(C)c(Cc3ccc(C(C)=N)cc3)c2)O1. The van der Waals surface area contributed by atoms with E-state index < -0.39 is 6.10 Å². The molecule has 1 saturated heterocycles. The van der Waals surface area contributed by atoms with E-state index in [1.807, 2.05) is 12.1 Å². The van der Waals surface area contributed by atoms with E-state index in [1.54, 1.807) is 14.0 Å². The van der Waals surface area contributed by atoms with Crippen molar-refractivity contribution in [1.82, 2.24) is 0 Å². The Morgan fingerprint density at radius 2 is 1.92 bits per heavy atom. The monoisotopic (exact) mass is 353 g/mol. The third-order valence-electron chi connectivity index (χ3n) is 5.06. The van der Waals surface area contributed by atoms with Gasteiger partial charge in [-0.25, -0.2) is 0 Å². The summed E-state index contributed by atoms with van der Waals surface area (Å²) >= 11 is 0. The molecule has 0 aliphatic carbocycles. The summed E-state index contributed by atoms with van der Waals surface area (Å²) in [6.45, 7) is 3.91. The first kappa shape index (κ1) is 18.8. The maximum absolute atomic E-state index is 10.1. The van der Waals surface area contributed by atoms with Crippen LogP contribution in [0.25, 0.3) is 0 Å². The minimum atomic E-state index is -0.402. The van der Waals surface area contributed by atoms with Crippen LogP contribution in [-0.4, -0.2) is 30.3 Å². The molecule has 1 fully saturated rings. The van der Waals surface area contributed by atoms with Crippen LogP contribution in [0.3, 0.4) is 0 Å². The van der Waals surface area contributed by atoms with E-state index in [0.29, 0.717) is 18.6 Å². The van der Waals surface area contributed by atoms with Gasteiger partial charge in [-0.3, -0.25) is 0 Å². The molecule has 0 spiro atoms. The molecule has 2 aromatic rings. The van der Waals surface area contributed by atoms with Crippen LogP contribution in [0.15, 0.2) is 42.5 Å². The van der Waals surface area contributed by atoms with Crippen LogP contribution in [0.2, 0.25) is 0 Å². The lowest BCUT2D eigenvalue weighted by atomic mass is 9.93. The summed E-state index contributed by atoms with van der Waals surface area (Å²) in [5.74, 6) is 0. The zero-order chi connectivity index (χ0) is 18.7. The van der Waals surface area contributed by atoms with Crippen LogP contribution in [0, 0.1) is 12.3 Å². The van der Waals surface area contributed by atoms with Crippen molar-refractivity contribution in [3.63, 3.8) is 0 Å². The third kappa shape index (κ3) is 4.39. The Morgan fingerprint density at radius 1 is 1.19 bits per heavy atom. The van der Waals surface area contributed by atoms with E-state index in [2.05, 4.69) is 37.3 Å². The Bertz CT molecular complexity index is 769. The van der Waals surface area contributed by atoms with Gasteiger partial charge in [0.1, 0.15) is 0 Å². The standard InChI is InChI=1S/C22H27NO3/c1-14-4-7-18(21-12-20(24)13-22(25-3)26-21)11-19(14)10-16-5-8-17(9-6-16)15(2)23/h4-9,11,20-24H,10,12-13H2,1-3H3. The van der Waals surface area contributed by atoms with Gasteiger partial charge in [-0.05, 0) is 48.1 Å². The molecule has 4 nitrogen and oxygen atoms in total. The molecule has 3 atom stereocenters. The molecule has 0 radical (unpaired) electrons. The fourth-order valence-electron chi connectivity index (χ4n) is 3.40. The zero-order valence-corrected chi connectivity index (χ0v) is 15.7. The van der Waals surface area contributed by atoms with Crippen LogP contribution in [0.4, 0.5) is 0 Å². The van der Waals surface area contributed by atoms with Gasteiger partial charge in [0.15, 0.2) is 6.29 Å². The maximum atomic E-state index is 10.1. The predicted octanol–water partition coefficient (Wildman–Crippen LogP) is 4.16. The molecule has 0 bridgehead atoms. The number of hydrogen-bond acceptors (Lipinski definition) is 4. The molecule has 1 aliphatic heterocycles. The Morgan fingerprint density at radius 3 is 2.58 bits per heavy atom. The largest absolute Gasteiger partial charge is 0.393 e. The summed E-state index contributed by atoms with van der Waals surface area (Å²) in [5.41, 5.74) is 6.32. The molecule has 1 heterocycles. The lowest BCUT2D eigenvalue weighted by Gasteiger charge is -2.32. The number of hydrogen-bond donors (Lipinski definition) is 2. The van der Waals surface area contributed by atoms with Gasteiger partial charge in [0.2, 0.25) is 0 Å². The number of nitrogens with one attached hydrogen (secondary N) is 1. The van der Waals surface area contributed by atoms with E-state index in [4.69, 9.17) is 14.9 Å². The van der Waals surface area contributed by atoms with Gasteiger partial charge < -0.3 is 20.0 Å². The van der Waals surface area contributed by atoms with Crippen LogP contribution >= 0.6 is 0 Å². The van der Waals surface area contributed by atoms with Gasteiger partial charge in [-0.2, -0.15) is 0 Å². The second kappa shape index (κ2) is 8.12. The average molecular weight is 353 g/mol. The number of aliphatic hydroxyl groups excluding tert-OH is 1. The van der Waals surface area contributed by atoms with Crippen molar-refractivity contribution in [2.24, 2.45) is 0 Å². The van der Waals surface area contributed by atoms with Crippen molar-refractivity contribution in [2.45, 2.75) is 51.6 Å². The molecule has 4 heteroatoms. The Labute approximate surface area is 155 Å². The molecule has 2 aromatic carbocycles. The first-order valence-corrected chi connectivity index (χ1v) is 9.06. The van der Waals surface area contributed by atoms with Crippen LogP contribution in [0.5, 0.6) is 0 Å².